The minimum Gasteiger partial charge on any atom is -0.480 e. The Bertz CT molecular complexity index is 411. The summed E-state index contributed by atoms with van der Waals surface area (Å²) in [6.07, 6.45) is 0. The predicted octanol–water partition coefficient (Wildman–Crippen LogP) is 2.17. The first kappa shape index (κ1) is 13.7. The van der Waals surface area contributed by atoms with Gasteiger partial charge in [0, 0.05) is 7.05 Å². The Labute approximate surface area is 105 Å². The van der Waals surface area contributed by atoms with Crippen molar-refractivity contribution in [2.45, 2.75) is 32.2 Å². The first-order valence-electron chi connectivity index (χ1n) is 5.31. The molecule has 94 valence electrons. The molecule has 4 nitrogen and oxygen atoms in total. The van der Waals surface area contributed by atoms with Crippen LogP contribution in [0.25, 0.3) is 0 Å². The molecule has 1 aromatic rings. The molecule has 1 N–H and O–H groups in total. The van der Waals surface area contributed by atoms with Crippen LogP contribution < -0.4 is 0 Å². The number of hydrogen-bond acceptors (Lipinski definition) is 3. The summed E-state index contributed by atoms with van der Waals surface area (Å²) < 4.78 is 0. The van der Waals surface area contributed by atoms with E-state index in [9.17, 15) is 9.59 Å². The molecule has 0 bridgehead atoms. The number of nitrogens with zero attached hydrogens (tertiary/aromatic N) is 1. The molecule has 1 amide bonds. The van der Waals surface area contributed by atoms with Crippen molar-refractivity contribution in [3.8, 4) is 0 Å². The number of hydrogen-bond donors (Lipinski definition) is 1. The van der Waals surface area contributed by atoms with Crippen LogP contribution in [-0.4, -0.2) is 34.5 Å². The van der Waals surface area contributed by atoms with Crippen LogP contribution in [0.3, 0.4) is 0 Å². The third-order valence-corrected chi connectivity index (χ3v) is 3.81. The van der Waals surface area contributed by atoms with Crippen molar-refractivity contribution in [2.24, 2.45) is 0 Å². The standard InChI is InChI=1S/C12H17NO3S/c1-8(9-5-6-17-7-9)10(14)13(4)12(2,3)11(15)16/h5-8H,1-4H3,(H,15,16). The highest BCUT2D eigenvalue weighted by Crippen LogP contribution is 2.23. The molecule has 0 radical (unpaired) electrons. The van der Waals surface area contributed by atoms with E-state index in [-0.39, 0.29) is 11.8 Å². The summed E-state index contributed by atoms with van der Waals surface area (Å²) in [6.45, 7) is 4.83. The van der Waals surface area contributed by atoms with Gasteiger partial charge in [-0.3, -0.25) is 4.79 Å². The van der Waals surface area contributed by atoms with Crippen LogP contribution in [0.2, 0.25) is 0 Å². The largest absolute Gasteiger partial charge is 0.480 e. The van der Waals surface area contributed by atoms with Crippen molar-refractivity contribution >= 4 is 23.2 Å². The summed E-state index contributed by atoms with van der Waals surface area (Å²) in [7, 11) is 1.53. The highest BCUT2D eigenvalue weighted by molar-refractivity contribution is 7.08. The Hall–Kier alpha value is -1.36. The average Bonchev–Trinajstić information content (AvgIpc) is 2.79. The molecule has 1 heterocycles. The van der Waals surface area contributed by atoms with Crippen molar-refractivity contribution < 1.29 is 14.7 Å². The zero-order valence-electron chi connectivity index (χ0n) is 10.4. The maximum absolute atomic E-state index is 12.2. The summed E-state index contributed by atoms with van der Waals surface area (Å²) in [5, 5.41) is 12.9. The molecule has 0 aliphatic carbocycles. The van der Waals surface area contributed by atoms with E-state index in [2.05, 4.69) is 0 Å². The van der Waals surface area contributed by atoms with E-state index in [1.807, 2.05) is 16.8 Å². The molecule has 0 aliphatic rings. The van der Waals surface area contributed by atoms with Gasteiger partial charge in [0.05, 0.1) is 5.92 Å². The summed E-state index contributed by atoms with van der Waals surface area (Å²) >= 11 is 1.52. The van der Waals surface area contributed by atoms with Crippen molar-refractivity contribution in [2.75, 3.05) is 7.05 Å². The second kappa shape index (κ2) is 4.87. The number of amides is 1. The van der Waals surface area contributed by atoms with Gasteiger partial charge >= 0.3 is 5.97 Å². The SMILES string of the molecule is CC(C(=O)N(C)C(C)(C)C(=O)O)c1ccsc1. The molecule has 1 atom stereocenters. The van der Waals surface area contributed by atoms with Gasteiger partial charge in [0.2, 0.25) is 5.91 Å². The summed E-state index contributed by atoms with van der Waals surface area (Å²) in [6, 6.07) is 1.88. The summed E-state index contributed by atoms with van der Waals surface area (Å²) in [4.78, 5) is 24.5. The minimum atomic E-state index is -1.19. The molecule has 0 saturated heterocycles. The Kier molecular flexibility index (Phi) is 3.93. The van der Waals surface area contributed by atoms with Crippen LogP contribution in [-0.2, 0) is 9.59 Å². The van der Waals surface area contributed by atoms with Crippen LogP contribution in [0, 0.1) is 0 Å². The van der Waals surface area contributed by atoms with Gasteiger partial charge in [-0.2, -0.15) is 11.3 Å². The molecular formula is C12H17NO3S. The van der Waals surface area contributed by atoms with Crippen LogP contribution in [0.1, 0.15) is 32.3 Å². The van der Waals surface area contributed by atoms with Crippen LogP contribution in [0.5, 0.6) is 0 Å². The smallest absolute Gasteiger partial charge is 0.329 e. The van der Waals surface area contributed by atoms with Crippen molar-refractivity contribution in [3.63, 3.8) is 0 Å². The van der Waals surface area contributed by atoms with Crippen LogP contribution in [0.4, 0.5) is 0 Å². The van der Waals surface area contributed by atoms with Gasteiger partial charge in [-0.15, -0.1) is 0 Å². The number of rotatable bonds is 4. The average molecular weight is 255 g/mol. The zero-order chi connectivity index (χ0) is 13.2. The van der Waals surface area contributed by atoms with Crippen molar-refractivity contribution in [3.05, 3.63) is 22.4 Å². The lowest BCUT2D eigenvalue weighted by Crippen LogP contribution is -2.51. The lowest BCUT2D eigenvalue weighted by Gasteiger charge is -2.33. The lowest BCUT2D eigenvalue weighted by molar-refractivity contribution is -0.155. The van der Waals surface area contributed by atoms with E-state index >= 15 is 0 Å². The number of carboxylic acids is 1. The fraction of sp³-hybridized carbons (Fsp3) is 0.500. The first-order chi connectivity index (χ1) is 7.78. The maximum atomic E-state index is 12.2. The Balaban J connectivity index is 2.87. The van der Waals surface area contributed by atoms with Crippen LogP contribution in [0.15, 0.2) is 16.8 Å². The molecule has 17 heavy (non-hydrogen) atoms. The molecule has 0 saturated carbocycles. The number of carboxylic acid groups (broad SMARTS) is 1. The fourth-order valence-electron chi connectivity index (χ4n) is 1.37. The van der Waals surface area contributed by atoms with E-state index in [0.717, 1.165) is 5.56 Å². The first-order valence-corrected chi connectivity index (χ1v) is 6.26. The summed E-state index contributed by atoms with van der Waals surface area (Å²) in [5.74, 6) is -1.51. The number of likely N-dealkylation sites (N-methyl/N-ethyl adjacent to an activating group) is 1. The Morgan fingerprint density at radius 1 is 1.47 bits per heavy atom. The normalized spacial score (nSPS) is 13.2. The van der Waals surface area contributed by atoms with Gasteiger partial charge in [-0.25, -0.2) is 4.79 Å². The van der Waals surface area contributed by atoms with E-state index in [1.54, 1.807) is 6.92 Å². The van der Waals surface area contributed by atoms with E-state index in [0.29, 0.717) is 0 Å². The third kappa shape index (κ3) is 2.66. The quantitative estimate of drug-likeness (QED) is 0.897. The second-order valence-electron chi connectivity index (χ2n) is 4.54. The highest BCUT2D eigenvalue weighted by atomic mass is 32.1. The number of carbonyl (C=O) groups excluding carboxylic acids is 1. The number of carbonyl (C=O) groups is 2. The Morgan fingerprint density at radius 2 is 2.06 bits per heavy atom. The highest BCUT2D eigenvalue weighted by Gasteiger charge is 2.37. The minimum absolute atomic E-state index is 0.184. The van der Waals surface area contributed by atoms with Gasteiger partial charge in [0.15, 0.2) is 0 Å². The van der Waals surface area contributed by atoms with E-state index in [4.69, 9.17) is 5.11 Å². The molecular weight excluding hydrogens is 238 g/mol. The molecule has 0 spiro atoms. The topological polar surface area (TPSA) is 57.6 Å². The monoisotopic (exact) mass is 255 g/mol. The third-order valence-electron chi connectivity index (χ3n) is 3.11. The van der Waals surface area contributed by atoms with E-state index < -0.39 is 11.5 Å². The Morgan fingerprint density at radius 3 is 2.47 bits per heavy atom. The molecule has 0 aromatic carbocycles. The molecule has 1 unspecified atom stereocenters. The van der Waals surface area contributed by atoms with Gasteiger partial charge in [-0.05, 0) is 43.2 Å². The maximum Gasteiger partial charge on any atom is 0.329 e. The molecule has 0 aliphatic heterocycles. The van der Waals surface area contributed by atoms with E-state index in [1.165, 1.54) is 37.1 Å². The van der Waals surface area contributed by atoms with Gasteiger partial charge in [0.25, 0.3) is 0 Å². The molecule has 0 fully saturated rings. The summed E-state index contributed by atoms with van der Waals surface area (Å²) in [5.41, 5.74) is -0.269. The van der Waals surface area contributed by atoms with Crippen molar-refractivity contribution in [1.29, 1.82) is 0 Å². The fourth-order valence-corrected chi connectivity index (χ4v) is 2.13. The van der Waals surface area contributed by atoms with Crippen LogP contribution >= 0.6 is 11.3 Å². The molecule has 5 heteroatoms. The number of aliphatic carboxylic acids is 1. The lowest BCUT2D eigenvalue weighted by atomic mass is 9.98. The zero-order valence-corrected chi connectivity index (χ0v) is 11.2. The van der Waals surface area contributed by atoms with Gasteiger partial charge in [0.1, 0.15) is 5.54 Å². The van der Waals surface area contributed by atoms with Gasteiger partial charge < -0.3 is 10.0 Å². The van der Waals surface area contributed by atoms with Crippen molar-refractivity contribution in [1.82, 2.24) is 4.90 Å². The predicted molar refractivity (Wildman–Crippen MR) is 67.2 cm³/mol. The second-order valence-corrected chi connectivity index (χ2v) is 5.32. The number of thiophene rings is 1. The molecule has 1 aromatic heterocycles. The molecule has 1 rings (SSSR count). The van der Waals surface area contributed by atoms with Gasteiger partial charge in [-0.1, -0.05) is 0 Å².